The number of carboxylic acid groups (broad SMARTS) is 1. The summed E-state index contributed by atoms with van der Waals surface area (Å²) in [5.74, 6) is -0.934. The number of nitrogens with zero attached hydrogens (tertiary/aromatic N) is 1. The molecule has 0 fully saturated rings. The number of nitrogens with one attached hydrogen (secondary N) is 2. The van der Waals surface area contributed by atoms with Gasteiger partial charge in [-0.15, -0.1) is 0 Å². The van der Waals surface area contributed by atoms with Crippen LogP contribution in [0.25, 0.3) is 11.0 Å². The van der Waals surface area contributed by atoms with Gasteiger partial charge in [0.15, 0.2) is 9.84 Å². The zero-order chi connectivity index (χ0) is 18.9. The third-order valence-electron chi connectivity index (χ3n) is 3.86. The third-order valence-corrected chi connectivity index (χ3v) is 6.03. The van der Waals surface area contributed by atoms with E-state index in [0.29, 0.717) is 22.4 Å². The first-order valence-electron chi connectivity index (χ1n) is 7.69. The molecule has 3 rings (SSSR count). The number of carboxylic acids is 1. The Labute approximate surface area is 154 Å². The smallest absolute Gasteiger partial charge is 0.337 e. The molecule has 3 aromatic rings. The van der Waals surface area contributed by atoms with Crippen LogP contribution in [-0.4, -0.2) is 35.3 Å². The molecule has 0 aliphatic carbocycles. The van der Waals surface area contributed by atoms with E-state index in [1.54, 1.807) is 31.2 Å². The number of sulfone groups is 1. The van der Waals surface area contributed by atoms with Crippen LogP contribution >= 0.6 is 11.6 Å². The van der Waals surface area contributed by atoms with Gasteiger partial charge in [0.2, 0.25) is 0 Å². The van der Waals surface area contributed by atoms with Gasteiger partial charge in [-0.25, -0.2) is 18.2 Å². The first kappa shape index (κ1) is 18.4. The number of aromatic nitrogens is 2. The molecule has 26 heavy (non-hydrogen) atoms. The number of aromatic carboxylic acids is 1. The molecule has 0 saturated carbocycles. The quantitative estimate of drug-likeness (QED) is 0.593. The average molecular weight is 394 g/mol. The minimum absolute atomic E-state index is 0.104. The second-order valence-electron chi connectivity index (χ2n) is 5.76. The van der Waals surface area contributed by atoms with Crippen LogP contribution in [0.15, 0.2) is 41.3 Å². The molecule has 1 aromatic heterocycles. The Morgan fingerprint density at radius 2 is 2.00 bits per heavy atom. The van der Waals surface area contributed by atoms with Crippen LogP contribution < -0.4 is 5.32 Å². The lowest BCUT2D eigenvalue weighted by Gasteiger charge is -2.10. The van der Waals surface area contributed by atoms with Crippen molar-refractivity contribution >= 4 is 38.4 Å². The molecular formula is C17H16ClN3O4S. The summed E-state index contributed by atoms with van der Waals surface area (Å²) in [4.78, 5) is 18.5. The molecule has 1 heterocycles. The van der Waals surface area contributed by atoms with Gasteiger partial charge in [-0.3, -0.25) is 5.32 Å². The van der Waals surface area contributed by atoms with Gasteiger partial charge >= 0.3 is 5.97 Å². The topological polar surface area (TPSA) is 112 Å². The Balaban J connectivity index is 1.77. The van der Waals surface area contributed by atoms with E-state index in [2.05, 4.69) is 15.3 Å². The second-order valence-corrected chi connectivity index (χ2v) is 8.09. The van der Waals surface area contributed by atoms with Crippen LogP contribution in [0, 0.1) is 6.92 Å². The van der Waals surface area contributed by atoms with Gasteiger partial charge in [-0.2, -0.15) is 0 Å². The van der Waals surface area contributed by atoms with Crippen molar-refractivity contribution in [2.24, 2.45) is 0 Å². The van der Waals surface area contributed by atoms with Gasteiger partial charge in [0, 0.05) is 0 Å². The lowest BCUT2D eigenvalue weighted by Crippen LogP contribution is -2.24. The molecule has 0 radical (unpaired) electrons. The number of aromatic amines is 1. The van der Waals surface area contributed by atoms with Gasteiger partial charge in [-0.1, -0.05) is 29.8 Å². The molecular weight excluding hydrogens is 378 g/mol. The zero-order valence-corrected chi connectivity index (χ0v) is 15.4. The molecule has 0 unspecified atom stereocenters. The van der Waals surface area contributed by atoms with E-state index in [1.807, 2.05) is 0 Å². The summed E-state index contributed by atoms with van der Waals surface area (Å²) in [7, 11) is -3.62. The van der Waals surface area contributed by atoms with Gasteiger partial charge in [0.25, 0.3) is 0 Å². The highest BCUT2D eigenvalue weighted by molar-refractivity contribution is 7.91. The molecule has 2 aromatic carbocycles. The summed E-state index contributed by atoms with van der Waals surface area (Å²) in [6.07, 6.45) is 0. The number of halogens is 1. The largest absolute Gasteiger partial charge is 0.478 e. The van der Waals surface area contributed by atoms with Crippen LogP contribution in [0.5, 0.6) is 0 Å². The third kappa shape index (κ3) is 3.57. The van der Waals surface area contributed by atoms with Gasteiger partial charge in [0.1, 0.15) is 11.7 Å². The number of imidazole rings is 1. The van der Waals surface area contributed by atoms with Crippen molar-refractivity contribution in [1.29, 1.82) is 0 Å². The van der Waals surface area contributed by atoms with E-state index in [-0.39, 0.29) is 27.9 Å². The molecule has 0 aliphatic rings. The summed E-state index contributed by atoms with van der Waals surface area (Å²) < 4.78 is 25.0. The van der Waals surface area contributed by atoms with Crippen LogP contribution in [0.4, 0.5) is 0 Å². The molecule has 9 heteroatoms. The Bertz CT molecular complexity index is 1070. The minimum Gasteiger partial charge on any atom is -0.478 e. The molecule has 136 valence electrons. The molecule has 0 atom stereocenters. The van der Waals surface area contributed by atoms with Crippen molar-refractivity contribution in [2.45, 2.75) is 18.4 Å². The maximum absolute atomic E-state index is 12.5. The molecule has 0 spiro atoms. The second kappa shape index (κ2) is 7.06. The van der Waals surface area contributed by atoms with Crippen molar-refractivity contribution in [2.75, 3.05) is 5.88 Å². The van der Waals surface area contributed by atoms with Crippen molar-refractivity contribution in [3.63, 3.8) is 0 Å². The number of carbonyl (C=O) groups is 1. The lowest BCUT2D eigenvalue weighted by molar-refractivity contribution is 0.0699. The maximum Gasteiger partial charge on any atom is 0.337 e. The Morgan fingerprint density at radius 3 is 2.69 bits per heavy atom. The number of rotatable bonds is 6. The van der Waals surface area contributed by atoms with Crippen LogP contribution in [0.2, 0.25) is 5.02 Å². The fraction of sp³-hybridized carbons (Fsp3) is 0.176. The summed E-state index contributed by atoms with van der Waals surface area (Å²) in [5.41, 5.74) is 1.60. The van der Waals surface area contributed by atoms with E-state index in [4.69, 9.17) is 11.6 Å². The summed E-state index contributed by atoms with van der Waals surface area (Å²) in [6.45, 7) is 1.82. The lowest BCUT2D eigenvalue weighted by atomic mass is 10.2. The number of hydrogen-bond donors (Lipinski definition) is 3. The minimum atomic E-state index is -3.62. The fourth-order valence-corrected chi connectivity index (χ4v) is 4.74. The number of fused-ring (bicyclic) bond motifs is 1. The standard InChI is InChI=1S/C17H16ClN3O4S/c1-10-4-2-6-12(18)16(10)26(24,25)9-19-8-14-20-13-7-3-5-11(17(22)23)15(13)21-14/h2-7,19H,8-9H2,1H3,(H,20,21)(H,22,23). The Morgan fingerprint density at radius 1 is 1.27 bits per heavy atom. The predicted molar refractivity (Wildman–Crippen MR) is 98.1 cm³/mol. The first-order valence-corrected chi connectivity index (χ1v) is 9.72. The molecule has 0 aliphatic heterocycles. The Hall–Kier alpha value is -2.42. The van der Waals surface area contributed by atoms with Crippen molar-refractivity contribution in [3.8, 4) is 0 Å². The van der Waals surface area contributed by atoms with E-state index in [1.165, 1.54) is 12.1 Å². The number of H-pyrrole nitrogens is 1. The first-order chi connectivity index (χ1) is 12.3. The summed E-state index contributed by atoms with van der Waals surface area (Å²) in [5, 5.41) is 12.2. The predicted octanol–water partition coefficient (Wildman–Crippen LogP) is 2.74. The van der Waals surface area contributed by atoms with Gasteiger partial charge in [-0.05, 0) is 30.7 Å². The number of benzene rings is 2. The van der Waals surface area contributed by atoms with Gasteiger partial charge in [0.05, 0.1) is 33.1 Å². The normalized spacial score (nSPS) is 11.8. The van der Waals surface area contributed by atoms with Gasteiger partial charge < -0.3 is 10.1 Å². The average Bonchev–Trinajstić information content (AvgIpc) is 2.96. The highest BCUT2D eigenvalue weighted by Gasteiger charge is 2.20. The molecule has 0 amide bonds. The van der Waals surface area contributed by atoms with Crippen LogP contribution in [0.3, 0.4) is 0 Å². The molecule has 3 N–H and O–H groups in total. The molecule has 0 bridgehead atoms. The van der Waals surface area contributed by atoms with Crippen LogP contribution in [0.1, 0.15) is 21.7 Å². The molecule has 0 saturated heterocycles. The number of para-hydroxylation sites is 1. The van der Waals surface area contributed by atoms with E-state index < -0.39 is 15.8 Å². The Kier molecular flexibility index (Phi) is 4.99. The summed E-state index contributed by atoms with van der Waals surface area (Å²) in [6, 6.07) is 9.68. The highest BCUT2D eigenvalue weighted by Crippen LogP contribution is 2.25. The van der Waals surface area contributed by atoms with Crippen LogP contribution in [-0.2, 0) is 16.4 Å². The molecule has 7 nitrogen and oxygen atoms in total. The zero-order valence-electron chi connectivity index (χ0n) is 13.8. The van der Waals surface area contributed by atoms with E-state index >= 15 is 0 Å². The van der Waals surface area contributed by atoms with E-state index in [0.717, 1.165) is 0 Å². The number of hydrogen-bond acceptors (Lipinski definition) is 5. The summed E-state index contributed by atoms with van der Waals surface area (Å²) >= 11 is 6.03. The number of aryl methyl sites for hydroxylation is 1. The fourth-order valence-electron chi connectivity index (χ4n) is 2.73. The van der Waals surface area contributed by atoms with E-state index in [9.17, 15) is 18.3 Å². The van der Waals surface area contributed by atoms with Crippen molar-refractivity contribution < 1.29 is 18.3 Å². The van der Waals surface area contributed by atoms with Crippen molar-refractivity contribution in [3.05, 3.63) is 58.4 Å². The SMILES string of the molecule is Cc1cccc(Cl)c1S(=O)(=O)CNCc1nc2cccc(C(=O)O)c2[nH]1. The monoisotopic (exact) mass is 393 g/mol. The maximum atomic E-state index is 12.5. The van der Waals surface area contributed by atoms with Crippen molar-refractivity contribution in [1.82, 2.24) is 15.3 Å². The highest BCUT2D eigenvalue weighted by atomic mass is 35.5.